The van der Waals surface area contributed by atoms with Gasteiger partial charge in [-0.3, -0.25) is 0 Å². The summed E-state index contributed by atoms with van der Waals surface area (Å²) < 4.78 is 61.5. The third-order valence-corrected chi connectivity index (χ3v) is 6.83. The zero-order valence-corrected chi connectivity index (χ0v) is 21.6. The lowest BCUT2D eigenvalue weighted by Gasteiger charge is -2.39. The van der Waals surface area contributed by atoms with Crippen LogP contribution in [0.1, 0.15) is 29.2 Å². The summed E-state index contributed by atoms with van der Waals surface area (Å²) in [7, 11) is 1.47. The third kappa shape index (κ3) is 5.40. The van der Waals surface area contributed by atoms with Crippen LogP contribution in [0.4, 0.5) is 28.9 Å². The number of amidine groups is 1. The van der Waals surface area contributed by atoms with E-state index in [0.717, 1.165) is 23.3 Å². The van der Waals surface area contributed by atoms with Crippen molar-refractivity contribution in [3.05, 3.63) is 131 Å². The Morgan fingerprint density at radius 1 is 0.923 bits per heavy atom. The summed E-state index contributed by atoms with van der Waals surface area (Å²) in [5, 5.41) is 0.595. The van der Waals surface area contributed by atoms with E-state index in [1.807, 2.05) is 42.5 Å². The number of hydrogen-bond donors (Lipinski definition) is 0. The van der Waals surface area contributed by atoms with Crippen LogP contribution in [0.3, 0.4) is 0 Å². The predicted molar refractivity (Wildman–Crippen MR) is 147 cm³/mol. The van der Waals surface area contributed by atoms with Gasteiger partial charge in [0.1, 0.15) is 17.3 Å². The van der Waals surface area contributed by atoms with Crippen molar-refractivity contribution in [2.45, 2.75) is 18.6 Å². The molecule has 0 aliphatic carbocycles. The van der Waals surface area contributed by atoms with E-state index >= 15 is 4.39 Å². The molecule has 0 saturated heterocycles. The fourth-order valence-corrected chi connectivity index (χ4v) is 4.87. The van der Waals surface area contributed by atoms with Crippen LogP contribution in [0.25, 0.3) is 11.1 Å². The lowest BCUT2D eigenvalue weighted by Crippen LogP contribution is -2.38. The minimum Gasteiger partial charge on any atom is -0.502 e. The Labute approximate surface area is 228 Å². The molecule has 8 heteroatoms. The zero-order chi connectivity index (χ0) is 27.7. The molecule has 0 N–H and O–H groups in total. The largest absolute Gasteiger partial charge is 0.502 e. The van der Waals surface area contributed by atoms with E-state index in [1.54, 1.807) is 29.2 Å². The number of para-hydroxylation sites is 1. The van der Waals surface area contributed by atoms with Crippen LogP contribution in [0.2, 0.25) is 5.02 Å². The molecule has 1 heterocycles. The number of rotatable bonds is 6. The van der Waals surface area contributed by atoms with Crippen molar-refractivity contribution in [3.63, 3.8) is 0 Å². The van der Waals surface area contributed by atoms with Crippen LogP contribution in [0.15, 0.2) is 108 Å². The molecule has 198 valence electrons. The molecule has 4 aromatic carbocycles. The molecule has 0 fully saturated rings. The number of anilines is 1. The van der Waals surface area contributed by atoms with E-state index in [1.165, 1.54) is 19.2 Å². The van der Waals surface area contributed by atoms with E-state index in [2.05, 4.69) is 11.6 Å². The summed E-state index contributed by atoms with van der Waals surface area (Å²) in [6, 6.07) is 23.7. The maximum absolute atomic E-state index is 15.1. The van der Waals surface area contributed by atoms with Gasteiger partial charge in [0.2, 0.25) is 0 Å². The smallest absolute Gasteiger partial charge is 0.416 e. The Morgan fingerprint density at radius 3 is 2.31 bits per heavy atom. The summed E-state index contributed by atoms with van der Waals surface area (Å²) in [5.74, 6) is 0.167. The number of alkyl halides is 3. The highest BCUT2D eigenvalue weighted by atomic mass is 35.5. The van der Waals surface area contributed by atoms with Crippen molar-refractivity contribution < 1.29 is 22.3 Å². The summed E-state index contributed by atoms with van der Waals surface area (Å²) in [6.45, 7) is 3.92. The second-order valence-corrected chi connectivity index (χ2v) is 9.52. The normalized spacial score (nSPS) is 15.0. The van der Waals surface area contributed by atoms with Gasteiger partial charge in [-0.25, -0.2) is 9.38 Å². The molecule has 0 radical (unpaired) electrons. The van der Waals surface area contributed by atoms with Crippen molar-refractivity contribution in [1.29, 1.82) is 0 Å². The van der Waals surface area contributed by atoms with Gasteiger partial charge in [0.25, 0.3) is 0 Å². The van der Waals surface area contributed by atoms with Crippen LogP contribution in [-0.4, -0.2) is 12.9 Å². The molecule has 0 bridgehead atoms. The average Bonchev–Trinajstić information content (AvgIpc) is 2.93. The summed E-state index contributed by atoms with van der Waals surface area (Å²) in [4.78, 5) is 6.35. The van der Waals surface area contributed by atoms with Gasteiger partial charge in [-0.05, 0) is 47.5 Å². The van der Waals surface area contributed by atoms with Gasteiger partial charge >= 0.3 is 6.18 Å². The van der Waals surface area contributed by atoms with E-state index in [-0.39, 0.29) is 17.8 Å². The Kier molecular flexibility index (Phi) is 7.19. The Hall–Kier alpha value is -4.10. The maximum Gasteiger partial charge on any atom is 0.416 e. The Morgan fingerprint density at radius 2 is 1.62 bits per heavy atom. The highest BCUT2D eigenvalue weighted by molar-refractivity contribution is 6.30. The number of fused-ring (bicyclic) bond motifs is 1. The van der Waals surface area contributed by atoms with Crippen LogP contribution in [0.5, 0.6) is 0 Å². The highest BCUT2D eigenvalue weighted by Crippen LogP contribution is 2.44. The van der Waals surface area contributed by atoms with Crippen LogP contribution >= 0.6 is 11.6 Å². The molecular formula is C31H23ClF4N2O. The summed E-state index contributed by atoms with van der Waals surface area (Å²) in [5.41, 5.74) is 2.49. The zero-order valence-electron chi connectivity index (χ0n) is 20.8. The first kappa shape index (κ1) is 26.5. The lowest BCUT2D eigenvalue weighted by molar-refractivity contribution is -0.137. The van der Waals surface area contributed by atoms with Gasteiger partial charge in [0.15, 0.2) is 0 Å². The van der Waals surface area contributed by atoms with E-state index in [9.17, 15) is 13.2 Å². The van der Waals surface area contributed by atoms with Gasteiger partial charge < -0.3 is 9.64 Å². The first-order valence-electron chi connectivity index (χ1n) is 12.1. The van der Waals surface area contributed by atoms with E-state index in [4.69, 9.17) is 16.3 Å². The number of nitrogens with zero attached hydrogens (tertiary/aromatic N) is 2. The molecule has 0 saturated carbocycles. The molecule has 5 rings (SSSR count). The first-order chi connectivity index (χ1) is 18.7. The molecule has 3 nitrogen and oxygen atoms in total. The van der Waals surface area contributed by atoms with Crippen molar-refractivity contribution in [2.75, 3.05) is 12.0 Å². The van der Waals surface area contributed by atoms with Gasteiger partial charge in [-0.1, -0.05) is 72.8 Å². The number of ether oxygens (including phenoxy) is 1. The predicted octanol–water partition coefficient (Wildman–Crippen LogP) is 9.35. The summed E-state index contributed by atoms with van der Waals surface area (Å²) in [6.07, 6.45) is -4.35. The van der Waals surface area contributed by atoms with E-state index < -0.39 is 23.6 Å². The monoisotopic (exact) mass is 550 g/mol. The van der Waals surface area contributed by atoms with Crippen LogP contribution in [-0.2, 0) is 10.9 Å². The minimum absolute atomic E-state index is 0.128. The second-order valence-electron chi connectivity index (χ2n) is 9.08. The standard InChI is InChI=1S/C31H23ClF4N2O/c1-19(39-2)16-28-26-10-5-11-27(33)29(26)37-30(38(28)25-9-4-7-23(18-25)31(34,35)36)21-14-12-20(13-15-21)22-6-3-8-24(32)17-22/h3-15,17-18,28H,1,16H2,2H3. The van der Waals surface area contributed by atoms with Gasteiger partial charge in [-0.15, -0.1) is 0 Å². The summed E-state index contributed by atoms with van der Waals surface area (Å²) >= 11 is 6.15. The van der Waals surface area contributed by atoms with Crippen LogP contribution in [0, 0.1) is 5.82 Å². The SMILES string of the molecule is C=C(CC1c2cccc(F)c2N=C(c2ccc(-c3cccc(Cl)c3)cc2)N1c1cccc(C(F)(F)F)c1)OC. The molecule has 0 amide bonds. The number of aliphatic imine (C=N–C) groups is 1. The number of halogens is 5. The topological polar surface area (TPSA) is 24.8 Å². The molecule has 1 unspecified atom stereocenters. The minimum atomic E-state index is -4.54. The molecule has 39 heavy (non-hydrogen) atoms. The first-order valence-corrected chi connectivity index (χ1v) is 12.5. The van der Waals surface area contributed by atoms with Gasteiger partial charge in [0.05, 0.1) is 24.5 Å². The Balaban J connectivity index is 1.69. The average molecular weight is 551 g/mol. The lowest BCUT2D eigenvalue weighted by atomic mass is 9.94. The maximum atomic E-state index is 15.1. The molecular weight excluding hydrogens is 528 g/mol. The Bertz CT molecular complexity index is 1560. The quantitative estimate of drug-likeness (QED) is 0.176. The van der Waals surface area contributed by atoms with Crippen molar-refractivity contribution in [1.82, 2.24) is 0 Å². The van der Waals surface area contributed by atoms with Crippen molar-refractivity contribution >= 4 is 28.8 Å². The molecule has 1 aliphatic rings. The van der Waals surface area contributed by atoms with Gasteiger partial charge in [0, 0.05) is 28.3 Å². The fraction of sp³-hybridized carbons (Fsp3) is 0.129. The second kappa shape index (κ2) is 10.6. The molecule has 0 aromatic heterocycles. The number of hydrogen-bond acceptors (Lipinski definition) is 3. The fourth-order valence-electron chi connectivity index (χ4n) is 4.68. The van der Waals surface area contributed by atoms with Gasteiger partial charge in [-0.2, -0.15) is 13.2 Å². The molecule has 0 spiro atoms. The third-order valence-electron chi connectivity index (χ3n) is 6.60. The van der Waals surface area contributed by atoms with Crippen molar-refractivity contribution in [2.24, 2.45) is 4.99 Å². The number of benzene rings is 4. The van der Waals surface area contributed by atoms with Crippen molar-refractivity contribution in [3.8, 4) is 11.1 Å². The van der Waals surface area contributed by atoms with Crippen LogP contribution < -0.4 is 4.90 Å². The number of methoxy groups -OCH3 is 1. The highest BCUT2D eigenvalue weighted by Gasteiger charge is 2.36. The molecule has 1 aliphatic heterocycles. The van der Waals surface area contributed by atoms with E-state index in [0.29, 0.717) is 27.7 Å². The molecule has 4 aromatic rings. The molecule has 1 atom stereocenters.